The van der Waals surface area contributed by atoms with Crippen molar-refractivity contribution in [1.29, 1.82) is 0 Å². The van der Waals surface area contributed by atoms with Gasteiger partial charge in [0.25, 0.3) is 0 Å². The van der Waals surface area contributed by atoms with Gasteiger partial charge in [0.1, 0.15) is 0 Å². The molecule has 27 heavy (non-hydrogen) atoms. The van der Waals surface area contributed by atoms with E-state index >= 15 is 0 Å². The summed E-state index contributed by atoms with van der Waals surface area (Å²) >= 11 is 3.51. The van der Waals surface area contributed by atoms with E-state index in [1.165, 1.54) is 58.7 Å². The highest BCUT2D eigenvalue weighted by atomic mass is 32.1. The second-order valence-electron chi connectivity index (χ2n) is 7.81. The monoisotopic (exact) mass is 398 g/mol. The quantitative estimate of drug-likeness (QED) is 0.688. The van der Waals surface area contributed by atoms with Gasteiger partial charge < -0.3 is 16.0 Å². The summed E-state index contributed by atoms with van der Waals surface area (Å²) in [6.45, 7) is 3.48. The van der Waals surface area contributed by atoms with Crippen molar-refractivity contribution in [2.75, 3.05) is 30.3 Å². The van der Waals surface area contributed by atoms with E-state index in [1.807, 2.05) is 11.3 Å². The van der Waals surface area contributed by atoms with Gasteiger partial charge in [-0.05, 0) is 68.1 Å². The first-order valence-electron chi connectivity index (χ1n) is 9.95. The molecule has 1 aliphatic carbocycles. The molecule has 0 amide bonds. The van der Waals surface area contributed by atoms with Gasteiger partial charge in [-0.3, -0.25) is 0 Å². The van der Waals surface area contributed by atoms with Crippen molar-refractivity contribution in [3.8, 4) is 0 Å². The van der Waals surface area contributed by atoms with Crippen molar-refractivity contribution in [1.82, 2.24) is 10.3 Å². The number of hydrogen-bond donors (Lipinski definition) is 2. The Morgan fingerprint density at radius 3 is 2.96 bits per heavy atom. The van der Waals surface area contributed by atoms with E-state index in [0.29, 0.717) is 6.04 Å². The summed E-state index contributed by atoms with van der Waals surface area (Å²) in [5.41, 5.74) is 8.53. The fourth-order valence-corrected chi connectivity index (χ4v) is 6.30. The van der Waals surface area contributed by atoms with Crippen molar-refractivity contribution >= 4 is 43.6 Å². The van der Waals surface area contributed by atoms with Gasteiger partial charge in [-0.1, -0.05) is 6.07 Å². The lowest BCUT2D eigenvalue weighted by Crippen LogP contribution is -2.41. The van der Waals surface area contributed by atoms with Crippen LogP contribution < -0.4 is 16.0 Å². The molecule has 0 bridgehead atoms. The number of rotatable bonds is 4. The van der Waals surface area contributed by atoms with Crippen LogP contribution in [0.1, 0.15) is 29.8 Å². The Morgan fingerprint density at radius 1 is 1.19 bits per heavy atom. The summed E-state index contributed by atoms with van der Waals surface area (Å²) in [7, 11) is 0. The van der Waals surface area contributed by atoms with Crippen LogP contribution in [0.5, 0.6) is 0 Å². The molecule has 3 aromatic rings. The number of hydrogen-bond acceptors (Lipinski definition) is 6. The first-order chi connectivity index (χ1) is 13.3. The van der Waals surface area contributed by atoms with E-state index in [-0.39, 0.29) is 0 Å². The maximum Gasteiger partial charge on any atom is 0.180 e. The Labute approximate surface area is 168 Å². The van der Waals surface area contributed by atoms with Crippen molar-refractivity contribution in [3.63, 3.8) is 0 Å². The third kappa shape index (κ3) is 3.58. The maximum absolute atomic E-state index is 5.87. The van der Waals surface area contributed by atoms with Gasteiger partial charge >= 0.3 is 0 Å². The number of nitrogens with two attached hydrogens (primary N) is 1. The van der Waals surface area contributed by atoms with Crippen molar-refractivity contribution < 1.29 is 0 Å². The predicted molar refractivity (Wildman–Crippen MR) is 117 cm³/mol. The molecule has 3 heterocycles. The Morgan fingerprint density at radius 2 is 2.07 bits per heavy atom. The first kappa shape index (κ1) is 17.5. The molecule has 1 atom stereocenters. The van der Waals surface area contributed by atoms with Crippen LogP contribution in [-0.2, 0) is 12.8 Å². The van der Waals surface area contributed by atoms with Crippen LogP contribution in [0.15, 0.2) is 29.6 Å². The zero-order valence-electron chi connectivity index (χ0n) is 15.5. The second kappa shape index (κ2) is 7.41. The minimum Gasteiger partial charge on any atom is -0.375 e. The molecule has 2 aliphatic rings. The lowest BCUT2D eigenvalue weighted by atomic mass is 9.93. The van der Waals surface area contributed by atoms with Gasteiger partial charge in [0.05, 0.1) is 5.69 Å². The standard InChI is InChI=1S/C21H26N4S2/c22-21-24-17-5-4-15(12-20(17)27-21)23-13-14-6-9-25(10-7-14)18-2-1-3-19-16(18)8-11-26-19/h1-3,8,11,14-15,23H,4-7,9-10,12-13H2,(H2,22,24)/t15-/m0/s1. The molecule has 0 radical (unpaired) electrons. The highest BCUT2D eigenvalue weighted by Gasteiger charge is 2.24. The number of benzene rings is 1. The van der Waals surface area contributed by atoms with Crippen LogP contribution >= 0.6 is 22.7 Å². The molecule has 1 saturated heterocycles. The first-order valence-corrected chi connectivity index (χ1v) is 11.6. The van der Waals surface area contributed by atoms with Gasteiger partial charge in [-0.25, -0.2) is 4.98 Å². The van der Waals surface area contributed by atoms with E-state index in [9.17, 15) is 0 Å². The predicted octanol–water partition coefficient (Wildman–Crippen LogP) is 4.30. The number of fused-ring (bicyclic) bond motifs is 2. The Balaban J connectivity index is 1.14. The zero-order valence-corrected chi connectivity index (χ0v) is 17.1. The smallest absolute Gasteiger partial charge is 0.180 e. The molecule has 0 spiro atoms. The summed E-state index contributed by atoms with van der Waals surface area (Å²) in [5.74, 6) is 0.788. The normalized spacial score (nSPS) is 20.9. The molecular weight excluding hydrogens is 372 g/mol. The third-order valence-corrected chi connectivity index (χ3v) is 7.91. The van der Waals surface area contributed by atoms with Crippen LogP contribution in [0.3, 0.4) is 0 Å². The highest BCUT2D eigenvalue weighted by molar-refractivity contribution is 7.17. The van der Waals surface area contributed by atoms with Crippen LogP contribution in [0.4, 0.5) is 10.8 Å². The molecule has 1 fully saturated rings. The molecule has 1 aliphatic heterocycles. The summed E-state index contributed by atoms with van der Waals surface area (Å²) in [4.78, 5) is 8.43. The number of aromatic nitrogens is 1. The van der Waals surface area contributed by atoms with E-state index in [4.69, 9.17) is 5.73 Å². The summed E-state index contributed by atoms with van der Waals surface area (Å²) in [6, 6.07) is 9.58. The molecule has 2 aromatic heterocycles. The van der Waals surface area contributed by atoms with Gasteiger partial charge in [0.15, 0.2) is 5.13 Å². The molecule has 6 heteroatoms. The summed E-state index contributed by atoms with van der Waals surface area (Å²) in [5, 5.41) is 8.20. The maximum atomic E-state index is 5.87. The lowest BCUT2D eigenvalue weighted by molar-refractivity contribution is 0.348. The van der Waals surface area contributed by atoms with Gasteiger partial charge in [0, 0.05) is 39.8 Å². The minimum atomic E-state index is 0.593. The number of piperidine rings is 1. The fraction of sp³-hybridized carbons (Fsp3) is 0.476. The van der Waals surface area contributed by atoms with E-state index in [1.54, 1.807) is 11.3 Å². The topological polar surface area (TPSA) is 54.2 Å². The number of aryl methyl sites for hydroxylation is 1. The number of nitrogens with one attached hydrogen (secondary N) is 1. The second-order valence-corrected chi connectivity index (χ2v) is 9.87. The Bertz CT molecular complexity index is 923. The average Bonchev–Trinajstić information content (AvgIpc) is 3.31. The zero-order chi connectivity index (χ0) is 18.2. The Hall–Kier alpha value is -1.63. The molecule has 142 valence electrons. The van der Waals surface area contributed by atoms with Crippen LogP contribution in [0.2, 0.25) is 0 Å². The van der Waals surface area contributed by atoms with Crippen molar-refractivity contribution in [2.24, 2.45) is 5.92 Å². The molecule has 1 aromatic carbocycles. The van der Waals surface area contributed by atoms with E-state index in [2.05, 4.69) is 44.8 Å². The highest BCUT2D eigenvalue weighted by Crippen LogP contribution is 2.33. The number of thiazole rings is 1. The van der Waals surface area contributed by atoms with Gasteiger partial charge in [-0.2, -0.15) is 0 Å². The molecule has 3 N–H and O–H groups in total. The number of nitrogens with zero attached hydrogens (tertiary/aromatic N) is 2. The average molecular weight is 399 g/mol. The largest absolute Gasteiger partial charge is 0.375 e. The molecule has 5 rings (SSSR count). The Kier molecular flexibility index (Phi) is 4.80. The summed E-state index contributed by atoms with van der Waals surface area (Å²) in [6.07, 6.45) is 5.92. The SMILES string of the molecule is Nc1nc2c(s1)C[C@@H](NCC1CCN(c3cccc4sccc34)CC1)CC2. The number of thiophene rings is 1. The fourth-order valence-electron chi connectivity index (χ4n) is 4.53. The molecular formula is C21H26N4S2. The van der Waals surface area contributed by atoms with E-state index in [0.717, 1.165) is 30.4 Å². The molecule has 4 nitrogen and oxygen atoms in total. The van der Waals surface area contributed by atoms with Crippen molar-refractivity contribution in [2.45, 2.75) is 38.1 Å². The minimum absolute atomic E-state index is 0.593. The molecule has 0 saturated carbocycles. The number of nitrogen functional groups attached to an aromatic ring is 1. The van der Waals surface area contributed by atoms with Gasteiger partial charge in [0.2, 0.25) is 0 Å². The third-order valence-electron chi connectivity index (χ3n) is 6.08. The van der Waals surface area contributed by atoms with Crippen LogP contribution in [0.25, 0.3) is 10.1 Å². The van der Waals surface area contributed by atoms with Gasteiger partial charge in [-0.15, -0.1) is 22.7 Å². The number of anilines is 2. The molecule has 0 unspecified atom stereocenters. The summed E-state index contributed by atoms with van der Waals surface area (Å²) < 4.78 is 1.40. The van der Waals surface area contributed by atoms with Crippen LogP contribution in [-0.4, -0.2) is 30.7 Å². The lowest BCUT2D eigenvalue weighted by Gasteiger charge is -2.35. The van der Waals surface area contributed by atoms with Crippen molar-refractivity contribution in [3.05, 3.63) is 40.2 Å². The van der Waals surface area contributed by atoms with E-state index < -0.39 is 0 Å². The van der Waals surface area contributed by atoms with Crippen LogP contribution in [0, 0.1) is 5.92 Å².